The van der Waals surface area contributed by atoms with Gasteiger partial charge in [-0.05, 0) is 42.5 Å². The fraction of sp³-hybridized carbons (Fsp3) is 0.273. The zero-order valence-electron chi connectivity index (χ0n) is 14.7. The Morgan fingerprint density at radius 2 is 1.88 bits per heavy atom. The van der Waals surface area contributed by atoms with Crippen molar-refractivity contribution in [3.63, 3.8) is 0 Å². The molecule has 0 spiro atoms. The van der Waals surface area contributed by atoms with E-state index in [0.717, 1.165) is 19.5 Å². The van der Waals surface area contributed by atoms with Crippen LogP contribution in [-0.4, -0.2) is 22.5 Å². The van der Waals surface area contributed by atoms with Crippen molar-refractivity contribution in [1.29, 1.82) is 0 Å². The molecule has 5 rings (SSSR count). The zero-order valence-corrected chi connectivity index (χ0v) is 15.5. The van der Waals surface area contributed by atoms with Crippen LogP contribution in [0, 0.1) is 0 Å². The SMILES string of the molecule is CC(C)N1CCc2[nH]c3ccc4scc(-c5ccccc5)c4c3c2C1. The molecule has 0 fully saturated rings. The standard InChI is InChI=1S/C22H22N2S/c1-14(2)24-11-10-18-16(12-24)21-19(23-18)8-9-20-22(21)17(13-25-20)15-6-4-3-5-7-15/h3-9,13-14,23H,10-12H2,1-2H3. The fourth-order valence-electron chi connectivity index (χ4n) is 4.13. The summed E-state index contributed by atoms with van der Waals surface area (Å²) in [5, 5.41) is 5.19. The molecule has 2 nitrogen and oxygen atoms in total. The van der Waals surface area contributed by atoms with Crippen LogP contribution in [0.25, 0.3) is 32.1 Å². The summed E-state index contributed by atoms with van der Waals surface area (Å²) < 4.78 is 1.38. The third-order valence-corrected chi connectivity index (χ3v) is 6.46. The quantitative estimate of drug-likeness (QED) is 0.485. The second kappa shape index (κ2) is 5.72. The fourth-order valence-corrected chi connectivity index (χ4v) is 5.11. The summed E-state index contributed by atoms with van der Waals surface area (Å²) in [6.07, 6.45) is 1.12. The van der Waals surface area contributed by atoms with Crippen molar-refractivity contribution in [3.8, 4) is 11.1 Å². The van der Waals surface area contributed by atoms with Gasteiger partial charge in [0.2, 0.25) is 0 Å². The third-order valence-electron chi connectivity index (χ3n) is 5.52. The van der Waals surface area contributed by atoms with Crippen LogP contribution in [0.4, 0.5) is 0 Å². The van der Waals surface area contributed by atoms with Gasteiger partial charge in [0.05, 0.1) is 0 Å². The molecule has 0 saturated carbocycles. The van der Waals surface area contributed by atoms with E-state index in [1.54, 1.807) is 0 Å². The first-order chi connectivity index (χ1) is 12.2. The number of fused-ring (bicyclic) bond motifs is 5. The first-order valence-corrected chi connectivity index (χ1v) is 9.93. The Morgan fingerprint density at radius 3 is 2.68 bits per heavy atom. The minimum Gasteiger partial charge on any atom is -0.358 e. The molecule has 3 heterocycles. The highest BCUT2D eigenvalue weighted by molar-refractivity contribution is 7.18. The summed E-state index contributed by atoms with van der Waals surface area (Å²) >= 11 is 1.86. The molecular weight excluding hydrogens is 324 g/mol. The van der Waals surface area contributed by atoms with Gasteiger partial charge < -0.3 is 4.98 Å². The van der Waals surface area contributed by atoms with Crippen molar-refractivity contribution >= 4 is 32.3 Å². The lowest BCUT2D eigenvalue weighted by molar-refractivity contribution is 0.203. The van der Waals surface area contributed by atoms with Gasteiger partial charge >= 0.3 is 0 Å². The van der Waals surface area contributed by atoms with Crippen molar-refractivity contribution in [1.82, 2.24) is 9.88 Å². The molecule has 126 valence electrons. The van der Waals surface area contributed by atoms with Gasteiger partial charge in [0.15, 0.2) is 0 Å². The van der Waals surface area contributed by atoms with Crippen LogP contribution in [0.2, 0.25) is 0 Å². The van der Waals surface area contributed by atoms with Gasteiger partial charge in [-0.1, -0.05) is 30.3 Å². The predicted molar refractivity (Wildman–Crippen MR) is 108 cm³/mol. The van der Waals surface area contributed by atoms with Crippen LogP contribution >= 0.6 is 11.3 Å². The van der Waals surface area contributed by atoms with Gasteiger partial charge in [0.1, 0.15) is 0 Å². The zero-order chi connectivity index (χ0) is 17.0. The summed E-state index contributed by atoms with van der Waals surface area (Å²) in [5.41, 5.74) is 6.92. The van der Waals surface area contributed by atoms with Crippen molar-refractivity contribution in [2.24, 2.45) is 0 Å². The molecule has 0 radical (unpaired) electrons. The summed E-state index contributed by atoms with van der Waals surface area (Å²) in [4.78, 5) is 6.30. The minimum absolute atomic E-state index is 0.591. The maximum absolute atomic E-state index is 3.71. The highest BCUT2D eigenvalue weighted by Gasteiger charge is 2.24. The van der Waals surface area contributed by atoms with Crippen LogP contribution in [0.1, 0.15) is 25.1 Å². The van der Waals surface area contributed by atoms with E-state index in [1.807, 2.05) is 11.3 Å². The predicted octanol–water partition coefficient (Wildman–Crippen LogP) is 5.82. The second-order valence-electron chi connectivity index (χ2n) is 7.27. The first kappa shape index (κ1) is 15.2. The number of nitrogens with zero attached hydrogens (tertiary/aromatic N) is 1. The minimum atomic E-state index is 0.591. The summed E-state index contributed by atoms with van der Waals surface area (Å²) in [5.74, 6) is 0. The molecule has 1 aliphatic rings. The number of aromatic nitrogens is 1. The van der Waals surface area contributed by atoms with Crippen LogP contribution in [-0.2, 0) is 13.0 Å². The molecule has 3 heteroatoms. The molecule has 2 aromatic carbocycles. The molecule has 0 bridgehead atoms. The van der Waals surface area contributed by atoms with Crippen molar-refractivity contribution in [2.75, 3.05) is 6.54 Å². The highest BCUT2D eigenvalue weighted by atomic mass is 32.1. The Hall–Kier alpha value is -2.10. The van der Waals surface area contributed by atoms with E-state index in [4.69, 9.17) is 0 Å². The number of rotatable bonds is 2. The van der Waals surface area contributed by atoms with Crippen molar-refractivity contribution in [2.45, 2.75) is 32.9 Å². The van der Waals surface area contributed by atoms with E-state index in [-0.39, 0.29) is 0 Å². The van der Waals surface area contributed by atoms with Gasteiger partial charge in [0.25, 0.3) is 0 Å². The Labute approximate surface area is 152 Å². The molecule has 25 heavy (non-hydrogen) atoms. The maximum Gasteiger partial charge on any atom is 0.0466 e. The summed E-state index contributed by atoms with van der Waals surface area (Å²) in [7, 11) is 0. The van der Waals surface area contributed by atoms with Crippen LogP contribution < -0.4 is 0 Å². The van der Waals surface area contributed by atoms with Crippen LogP contribution in [0.15, 0.2) is 47.8 Å². The Bertz CT molecular complexity index is 1060. The number of hydrogen-bond acceptors (Lipinski definition) is 2. The van der Waals surface area contributed by atoms with Crippen LogP contribution in [0.5, 0.6) is 0 Å². The van der Waals surface area contributed by atoms with Gasteiger partial charge in [-0.3, -0.25) is 4.90 Å². The number of hydrogen-bond donors (Lipinski definition) is 1. The van der Waals surface area contributed by atoms with Gasteiger partial charge in [-0.25, -0.2) is 0 Å². The lowest BCUT2D eigenvalue weighted by Gasteiger charge is -2.30. The van der Waals surface area contributed by atoms with E-state index in [0.29, 0.717) is 6.04 Å². The molecule has 2 aromatic heterocycles. The molecule has 1 N–H and O–H groups in total. The van der Waals surface area contributed by atoms with Gasteiger partial charge in [-0.2, -0.15) is 0 Å². The van der Waals surface area contributed by atoms with Gasteiger partial charge in [-0.15, -0.1) is 11.3 Å². The normalized spacial score (nSPS) is 15.3. The lowest BCUT2D eigenvalue weighted by Crippen LogP contribution is -2.35. The lowest BCUT2D eigenvalue weighted by atomic mass is 9.97. The smallest absolute Gasteiger partial charge is 0.0466 e. The van der Waals surface area contributed by atoms with E-state index in [2.05, 4.69) is 71.6 Å². The number of nitrogens with one attached hydrogen (secondary N) is 1. The van der Waals surface area contributed by atoms with E-state index in [1.165, 1.54) is 43.4 Å². The number of H-pyrrole nitrogens is 1. The molecule has 0 amide bonds. The third kappa shape index (κ3) is 2.34. The van der Waals surface area contributed by atoms with Crippen molar-refractivity contribution in [3.05, 3.63) is 59.1 Å². The average Bonchev–Trinajstić information content (AvgIpc) is 3.22. The molecule has 0 atom stereocenters. The highest BCUT2D eigenvalue weighted by Crippen LogP contribution is 2.41. The molecule has 0 saturated heterocycles. The number of thiophene rings is 1. The largest absolute Gasteiger partial charge is 0.358 e. The monoisotopic (exact) mass is 346 g/mol. The second-order valence-corrected chi connectivity index (χ2v) is 8.18. The average molecular weight is 346 g/mol. The van der Waals surface area contributed by atoms with Crippen LogP contribution in [0.3, 0.4) is 0 Å². The number of aromatic amines is 1. The molecule has 1 aliphatic heterocycles. The molecule has 0 unspecified atom stereocenters. The Balaban J connectivity index is 1.80. The van der Waals surface area contributed by atoms with E-state index in [9.17, 15) is 0 Å². The topological polar surface area (TPSA) is 19.0 Å². The van der Waals surface area contributed by atoms with Gasteiger partial charge in [0, 0.05) is 57.8 Å². The van der Waals surface area contributed by atoms with Crippen molar-refractivity contribution < 1.29 is 0 Å². The first-order valence-electron chi connectivity index (χ1n) is 9.05. The number of benzene rings is 2. The summed E-state index contributed by atoms with van der Waals surface area (Å²) in [6, 6.07) is 15.9. The molecule has 0 aliphatic carbocycles. The molecular formula is C22H22N2S. The van der Waals surface area contributed by atoms with E-state index < -0.39 is 0 Å². The maximum atomic E-state index is 3.71. The van der Waals surface area contributed by atoms with E-state index >= 15 is 0 Å². The Morgan fingerprint density at radius 1 is 1.04 bits per heavy atom. The molecule has 4 aromatic rings. The summed E-state index contributed by atoms with van der Waals surface area (Å²) in [6.45, 7) is 6.80. The Kier molecular flexibility index (Phi) is 3.47.